The molecule has 0 saturated carbocycles. The first kappa shape index (κ1) is 17.1. The molecular formula is C17H25ClN2O2. The highest BCUT2D eigenvalue weighted by molar-refractivity contribution is 5.85. The molecule has 22 heavy (non-hydrogen) atoms. The van der Waals surface area contributed by atoms with E-state index in [0.29, 0.717) is 18.2 Å². The molecule has 1 amide bonds. The van der Waals surface area contributed by atoms with E-state index in [1.165, 1.54) is 5.56 Å². The summed E-state index contributed by atoms with van der Waals surface area (Å²) >= 11 is 0. The molecule has 2 saturated heterocycles. The molecule has 2 fully saturated rings. The van der Waals surface area contributed by atoms with Crippen LogP contribution in [0.4, 0.5) is 0 Å². The van der Waals surface area contributed by atoms with Crippen molar-refractivity contribution in [1.29, 1.82) is 0 Å². The minimum atomic E-state index is 0. The SMILES string of the molecule is COc1ccc(CCC(=O)N2CCC3CNCC3C2)cc1.Cl. The molecule has 0 aromatic heterocycles. The second-order valence-electron chi connectivity index (χ2n) is 6.15. The zero-order valence-electron chi connectivity index (χ0n) is 13.1. The van der Waals surface area contributed by atoms with E-state index in [9.17, 15) is 4.79 Å². The summed E-state index contributed by atoms with van der Waals surface area (Å²) in [4.78, 5) is 14.4. The summed E-state index contributed by atoms with van der Waals surface area (Å²) in [5.41, 5.74) is 1.20. The fraction of sp³-hybridized carbons (Fsp3) is 0.588. The molecule has 2 aliphatic heterocycles. The predicted molar refractivity (Wildman–Crippen MR) is 89.6 cm³/mol. The third kappa shape index (κ3) is 3.93. The first-order valence-electron chi connectivity index (χ1n) is 7.87. The molecule has 1 N–H and O–H groups in total. The number of amides is 1. The number of carbonyl (C=O) groups excluding carboxylic acids is 1. The Labute approximate surface area is 138 Å². The highest BCUT2D eigenvalue weighted by atomic mass is 35.5. The minimum absolute atomic E-state index is 0. The molecule has 1 aromatic rings. The number of piperidine rings is 1. The molecule has 2 atom stereocenters. The molecule has 3 rings (SSSR count). The number of fused-ring (bicyclic) bond motifs is 1. The van der Waals surface area contributed by atoms with Gasteiger partial charge in [-0.1, -0.05) is 12.1 Å². The number of rotatable bonds is 4. The lowest BCUT2D eigenvalue weighted by Crippen LogP contribution is -2.43. The minimum Gasteiger partial charge on any atom is -0.497 e. The van der Waals surface area contributed by atoms with Crippen molar-refractivity contribution in [3.63, 3.8) is 0 Å². The molecule has 2 aliphatic rings. The number of aryl methyl sites for hydroxylation is 1. The Morgan fingerprint density at radius 3 is 2.73 bits per heavy atom. The van der Waals surface area contributed by atoms with Crippen molar-refractivity contribution in [2.45, 2.75) is 19.3 Å². The Bertz CT molecular complexity index is 492. The van der Waals surface area contributed by atoms with E-state index in [-0.39, 0.29) is 12.4 Å². The molecule has 5 heteroatoms. The average Bonchev–Trinajstić information content (AvgIpc) is 3.00. The smallest absolute Gasteiger partial charge is 0.222 e. The maximum absolute atomic E-state index is 12.4. The molecule has 0 aliphatic carbocycles. The number of hydrogen-bond acceptors (Lipinski definition) is 3. The van der Waals surface area contributed by atoms with Crippen LogP contribution in [-0.2, 0) is 11.2 Å². The summed E-state index contributed by atoms with van der Waals surface area (Å²) in [7, 11) is 1.67. The van der Waals surface area contributed by atoms with Crippen LogP contribution in [0.25, 0.3) is 0 Å². The van der Waals surface area contributed by atoms with Gasteiger partial charge in [0.05, 0.1) is 7.11 Å². The van der Waals surface area contributed by atoms with E-state index in [4.69, 9.17) is 4.74 Å². The fourth-order valence-corrected chi connectivity index (χ4v) is 3.46. The van der Waals surface area contributed by atoms with Crippen molar-refractivity contribution in [2.75, 3.05) is 33.3 Å². The van der Waals surface area contributed by atoms with Gasteiger partial charge in [-0.25, -0.2) is 0 Å². The van der Waals surface area contributed by atoms with Gasteiger partial charge in [0.1, 0.15) is 5.75 Å². The predicted octanol–water partition coefficient (Wildman–Crippen LogP) is 2.12. The number of nitrogens with zero attached hydrogens (tertiary/aromatic N) is 1. The van der Waals surface area contributed by atoms with Crippen LogP contribution in [0.5, 0.6) is 5.75 Å². The Balaban J connectivity index is 0.00000176. The largest absolute Gasteiger partial charge is 0.497 e. The van der Waals surface area contributed by atoms with E-state index < -0.39 is 0 Å². The van der Waals surface area contributed by atoms with Crippen molar-refractivity contribution in [3.05, 3.63) is 29.8 Å². The molecule has 1 aromatic carbocycles. The summed E-state index contributed by atoms with van der Waals surface area (Å²) < 4.78 is 5.15. The van der Waals surface area contributed by atoms with Gasteiger partial charge in [-0.15, -0.1) is 12.4 Å². The number of ether oxygens (including phenoxy) is 1. The second kappa shape index (κ2) is 7.84. The molecule has 0 bridgehead atoms. The molecule has 2 heterocycles. The fourth-order valence-electron chi connectivity index (χ4n) is 3.46. The Morgan fingerprint density at radius 1 is 1.27 bits per heavy atom. The van der Waals surface area contributed by atoms with Crippen molar-refractivity contribution >= 4 is 18.3 Å². The topological polar surface area (TPSA) is 41.6 Å². The van der Waals surface area contributed by atoms with Crippen molar-refractivity contribution in [1.82, 2.24) is 10.2 Å². The Kier molecular flexibility index (Phi) is 6.09. The highest BCUT2D eigenvalue weighted by Gasteiger charge is 2.34. The lowest BCUT2D eigenvalue weighted by atomic mass is 9.88. The van der Waals surface area contributed by atoms with Crippen LogP contribution in [0.1, 0.15) is 18.4 Å². The van der Waals surface area contributed by atoms with Crippen molar-refractivity contribution < 1.29 is 9.53 Å². The third-order valence-corrected chi connectivity index (χ3v) is 4.84. The van der Waals surface area contributed by atoms with Gasteiger partial charge in [-0.2, -0.15) is 0 Å². The molecule has 2 unspecified atom stereocenters. The molecule has 0 spiro atoms. The van der Waals surface area contributed by atoms with E-state index in [2.05, 4.69) is 10.2 Å². The number of methoxy groups -OCH3 is 1. The monoisotopic (exact) mass is 324 g/mol. The second-order valence-corrected chi connectivity index (χ2v) is 6.15. The first-order chi connectivity index (χ1) is 10.3. The van der Waals surface area contributed by atoms with Crippen LogP contribution in [0.2, 0.25) is 0 Å². The van der Waals surface area contributed by atoms with Crippen LogP contribution in [0, 0.1) is 11.8 Å². The molecule has 122 valence electrons. The van der Waals surface area contributed by atoms with Gasteiger partial charge in [-0.05, 0) is 55.5 Å². The molecule has 4 nitrogen and oxygen atoms in total. The van der Waals surface area contributed by atoms with Gasteiger partial charge in [0.15, 0.2) is 0 Å². The van der Waals surface area contributed by atoms with Crippen LogP contribution < -0.4 is 10.1 Å². The van der Waals surface area contributed by atoms with Gasteiger partial charge in [-0.3, -0.25) is 4.79 Å². The number of benzene rings is 1. The number of carbonyl (C=O) groups is 1. The summed E-state index contributed by atoms with van der Waals surface area (Å²) in [5.74, 6) is 2.62. The average molecular weight is 325 g/mol. The standard InChI is InChI=1S/C17H24N2O2.ClH/c1-21-16-5-2-13(3-6-16)4-7-17(20)19-9-8-14-10-18-11-15(14)12-19;/h2-3,5-6,14-15,18H,4,7-12H2,1H3;1H. The molecular weight excluding hydrogens is 300 g/mol. The van der Waals surface area contributed by atoms with Gasteiger partial charge in [0.25, 0.3) is 0 Å². The van der Waals surface area contributed by atoms with E-state index >= 15 is 0 Å². The van der Waals surface area contributed by atoms with Gasteiger partial charge in [0.2, 0.25) is 5.91 Å². The summed E-state index contributed by atoms with van der Waals surface area (Å²) in [5, 5.41) is 3.44. The summed E-state index contributed by atoms with van der Waals surface area (Å²) in [6, 6.07) is 7.99. The Hall–Kier alpha value is -1.26. The van der Waals surface area contributed by atoms with Crippen LogP contribution in [-0.4, -0.2) is 44.1 Å². The number of halogens is 1. The number of nitrogens with one attached hydrogen (secondary N) is 1. The van der Waals surface area contributed by atoms with Gasteiger partial charge >= 0.3 is 0 Å². The lowest BCUT2D eigenvalue weighted by molar-refractivity contribution is -0.133. The molecule has 0 radical (unpaired) electrons. The number of likely N-dealkylation sites (tertiary alicyclic amines) is 1. The zero-order chi connectivity index (χ0) is 14.7. The Morgan fingerprint density at radius 2 is 2.00 bits per heavy atom. The van der Waals surface area contributed by atoms with Crippen LogP contribution in [0.3, 0.4) is 0 Å². The van der Waals surface area contributed by atoms with E-state index in [1.54, 1.807) is 7.11 Å². The van der Waals surface area contributed by atoms with Crippen molar-refractivity contribution in [3.8, 4) is 5.75 Å². The maximum Gasteiger partial charge on any atom is 0.222 e. The van der Waals surface area contributed by atoms with Crippen LogP contribution in [0.15, 0.2) is 24.3 Å². The maximum atomic E-state index is 12.4. The lowest BCUT2D eigenvalue weighted by Gasteiger charge is -2.34. The van der Waals surface area contributed by atoms with Crippen LogP contribution >= 0.6 is 12.4 Å². The quantitative estimate of drug-likeness (QED) is 0.922. The van der Waals surface area contributed by atoms with E-state index in [0.717, 1.165) is 50.7 Å². The summed E-state index contributed by atoms with van der Waals surface area (Å²) in [6.07, 6.45) is 2.58. The third-order valence-electron chi connectivity index (χ3n) is 4.84. The normalized spacial score (nSPS) is 23.6. The number of hydrogen-bond donors (Lipinski definition) is 1. The van der Waals surface area contributed by atoms with Gasteiger partial charge < -0.3 is 15.0 Å². The zero-order valence-corrected chi connectivity index (χ0v) is 13.9. The van der Waals surface area contributed by atoms with E-state index in [1.807, 2.05) is 24.3 Å². The van der Waals surface area contributed by atoms with Crippen molar-refractivity contribution in [2.24, 2.45) is 11.8 Å². The van der Waals surface area contributed by atoms with Gasteiger partial charge in [0, 0.05) is 19.5 Å². The highest BCUT2D eigenvalue weighted by Crippen LogP contribution is 2.26. The first-order valence-corrected chi connectivity index (χ1v) is 7.87. The summed E-state index contributed by atoms with van der Waals surface area (Å²) in [6.45, 7) is 4.09.